The first kappa shape index (κ1) is 20.9. The van der Waals surface area contributed by atoms with E-state index in [1.807, 2.05) is 43.3 Å². The van der Waals surface area contributed by atoms with Crippen molar-refractivity contribution in [3.05, 3.63) is 59.7 Å². The first-order valence-electron chi connectivity index (χ1n) is 9.49. The molecule has 2 aromatic carbocycles. The zero-order valence-corrected chi connectivity index (χ0v) is 17.3. The Morgan fingerprint density at radius 1 is 1.17 bits per heavy atom. The van der Waals surface area contributed by atoms with E-state index in [2.05, 4.69) is 5.16 Å². The average molecular weight is 413 g/mol. The van der Waals surface area contributed by atoms with Gasteiger partial charge in [0, 0.05) is 17.2 Å². The lowest BCUT2D eigenvalue weighted by Crippen LogP contribution is -2.17. The van der Waals surface area contributed by atoms with Gasteiger partial charge in [0.05, 0.1) is 17.3 Å². The maximum absolute atomic E-state index is 11.6. The molecule has 29 heavy (non-hydrogen) atoms. The molecule has 1 fully saturated rings. The summed E-state index contributed by atoms with van der Waals surface area (Å²) in [6.45, 7) is 2.59. The number of hydrogen-bond acceptors (Lipinski definition) is 6. The fraction of sp³-hybridized carbons (Fsp3) is 0.318. The van der Waals surface area contributed by atoms with Crippen LogP contribution in [-0.2, 0) is 15.4 Å². The van der Waals surface area contributed by atoms with Crippen molar-refractivity contribution in [1.82, 2.24) is 0 Å². The van der Waals surface area contributed by atoms with Gasteiger partial charge >= 0.3 is 5.97 Å². The molecule has 6 nitrogen and oxygen atoms in total. The van der Waals surface area contributed by atoms with Gasteiger partial charge in [-0.2, -0.15) is 0 Å². The molecule has 1 aliphatic rings. The van der Waals surface area contributed by atoms with Gasteiger partial charge in [-0.15, -0.1) is 11.8 Å². The lowest BCUT2D eigenvalue weighted by molar-refractivity contribution is -0.129. The van der Waals surface area contributed by atoms with Gasteiger partial charge < -0.3 is 14.7 Å². The van der Waals surface area contributed by atoms with E-state index in [1.165, 1.54) is 7.11 Å². The molecule has 0 amide bonds. The van der Waals surface area contributed by atoms with Gasteiger partial charge in [0.25, 0.3) is 0 Å². The number of carboxylic acid groups (broad SMARTS) is 1. The quantitative estimate of drug-likeness (QED) is 0.360. The molecule has 0 unspecified atom stereocenters. The van der Waals surface area contributed by atoms with Crippen LogP contribution >= 0.6 is 11.8 Å². The van der Waals surface area contributed by atoms with E-state index in [1.54, 1.807) is 23.9 Å². The number of oxime groups is 1. The highest BCUT2D eigenvalue weighted by Crippen LogP contribution is 2.38. The van der Waals surface area contributed by atoms with Crippen molar-refractivity contribution in [3.8, 4) is 5.75 Å². The molecule has 0 heterocycles. The highest BCUT2D eigenvalue weighted by atomic mass is 32.2. The third kappa shape index (κ3) is 5.84. The maximum atomic E-state index is 11.6. The summed E-state index contributed by atoms with van der Waals surface area (Å²) in [5.74, 6) is 0.804. The van der Waals surface area contributed by atoms with E-state index >= 15 is 0 Å². The van der Waals surface area contributed by atoms with Crippen molar-refractivity contribution < 1.29 is 19.5 Å². The normalized spacial score (nSPS) is 14.6. The first-order valence-corrected chi connectivity index (χ1v) is 10.5. The zero-order chi connectivity index (χ0) is 20.6. The van der Waals surface area contributed by atoms with Crippen molar-refractivity contribution in [3.63, 3.8) is 0 Å². The number of carboxylic acids is 1. The molecule has 1 aliphatic carbocycles. The third-order valence-corrected chi connectivity index (χ3v) is 5.52. The summed E-state index contributed by atoms with van der Waals surface area (Å²) < 4.78 is 5.48. The average Bonchev–Trinajstić information content (AvgIpc) is 3.56. The Morgan fingerprint density at radius 2 is 1.90 bits per heavy atom. The minimum atomic E-state index is -1.12. The highest BCUT2D eigenvalue weighted by Gasteiger charge is 2.28. The Bertz CT molecular complexity index is 905. The van der Waals surface area contributed by atoms with Crippen LogP contribution in [0.15, 0.2) is 58.7 Å². The lowest BCUT2D eigenvalue weighted by atomic mass is 10.0. The van der Waals surface area contributed by atoms with Crippen LogP contribution < -0.4 is 4.74 Å². The van der Waals surface area contributed by atoms with Crippen molar-refractivity contribution >= 4 is 34.2 Å². The number of carbonyl (C=O) groups is 1. The number of aliphatic imine (C=N–C) groups is 1. The molecule has 0 aromatic heterocycles. The number of aliphatic carboxylic acids is 1. The Labute approximate surface area is 174 Å². The zero-order valence-electron chi connectivity index (χ0n) is 16.5. The van der Waals surface area contributed by atoms with Crippen LogP contribution in [0.1, 0.15) is 30.9 Å². The Kier molecular flexibility index (Phi) is 7.30. The Morgan fingerprint density at radius 3 is 2.52 bits per heavy atom. The van der Waals surface area contributed by atoms with Crippen LogP contribution in [0.2, 0.25) is 0 Å². The van der Waals surface area contributed by atoms with Gasteiger partial charge in [-0.3, -0.25) is 0 Å². The fourth-order valence-corrected chi connectivity index (χ4v) is 4.00. The van der Waals surface area contributed by atoms with Gasteiger partial charge in [0.15, 0.2) is 5.71 Å². The number of nitrogens with zero attached hydrogens (tertiary/aromatic N) is 2. The summed E-state index contributed by atoms with van der Waals surface area (Å²) in [6, 6.07) is 15.1. The molecule has 2 aromatic rings. The summed E-state index contributed by atoms with van der Waals surface area (Å²) in [6.07, 6.45) is 2.27. The molecule has 0 bridgehead atoms. The molecule has 0 aliphatic heterocycles. The minimum absolute atomic E-state index is 0.0971. The minimum Gasteiger partial charge on any atom is -0.494 e. The summed E-state index contributed by atoms with van der Waals surface area (Å²) in [7, 11) is 1.34. The van der Waals surface area contributed by atoms with E-state index in [9.17, 15) is 9.90 Å². The topological polar surface area (TPSA) is 80.5 Å². The van der Waals surface area contributed by atoms with Crippen LogP contribution in [0, 0.1) is 5.92 Å². The van der Waals surface area contributed by atoms with Crippen molar-refractivity contribution in [2.75, 3.05) is 13.7 Å². The van der Waals surface area contributed by atoms with E-state index in [-0.39, 0.29) is 5.71 Å². The first-order chi connectivity index (χ1) is 14.1. The molecule has 0 saturated heterocycles. The summed E-state index contributed by atoms with van der Waals surface area (Å²) >= 11 is 1.65. The number of rotatable bonds is 9. The van der Waals surface area contributed by atoms with Gasteiger partial charge in [0.2, 0.25) is 0 Å². The predicted molar refractivity (Wildman–Crippen MR) is 116 cm³/mol. The molecule has 0 spiro atoms. The predicted octanol–water partition coefficient (Wildman–Crippen LogP) is 4.89. The van der Waals surface area contributed by atoms with E-state index in [0.29, 0.717) is 23.8 Å². The SMILES string of the molecule is CCOc1ccc(/N=C(/SCc2ccccc2/C(=N/OC)C(=O)O)C2CC2)cc1. The molecule has 1 N–H and O–H groups in total. The second-order valence-corrected chi connectivity index (χ2v) is 7.52. The standard InChI is InChI=1S/C22H24N2O4S/c1-3-28-18-12-10-17(11-13-18)23-21(15-8-9-15)29-14-16-6-4-5-7-19(16)20(22(25)26)24-27-2/h4-7,10-13,15H,3,8-9,14H2,1-2H3,(H,25,26)/b23-21+,24-20-. The Hall–Kier alpha value is -2.80. The molecule has 1 saturated carbocycles. The summed E-state index contributed by atoms with van der Waals surface area (Å²) in [4.78, 5) is 21.1. The van der Waals surface area contributed by atoms with Crippen LogP contribution in [-0.4, -0.2) is 35.5 Å². The smallest absolute Gasteiger partial charge is 0.358 e. The van der Waals surface area contributed by atoms with Crippen LogP contribution in [0.3, 0.4) is 0 Å². The monoisotopic (exact) mass is 412 g/mol. The van der Waals surface area contributed by atoms with E-state index in [0.717, 1.165) is 34.9 Å². The van der Waals surface area contributed by atoms with Gasteiger partial charge in [0.1, 0.15) is 12.9 Å². The van der Waals surface area contributed by atoms with Crippen LogP contribution in [0.4, 0.5) is 5.69 Å². The lowest BCUT2D eigenvalue weighted by Gasteiger charge is -2.10. The second kappa shape index (κ2) is 10.1. The van der Waals surface area contributed by atoms with Crippen LogP contribution in [0.5, 0.6) is 5.75 Å². The van der Waals surface area contributed by atoms with Crippen molar-refractivity contribution in [2.24, 2.45) is 16.1 Å². The van der Waals surface area contributed by atoms with Gasteiger partial charge in [-0.25, -0.2) is 9.79 Å². The molecule has 152 valence electrons. The Balaban J connectivity index is 1.78. The number of ether oxygens (including phenoxy) is 1. The van der Waals surface area contributed by atoms with Gasteiger partial charge in [-0.05, 0) is 49.6 Å². The molecule has 0 radical (unpaired) electrons. The maximum Gasteiger partial charge on any atom is 0.358 e. The van der Waals surface area contributed by atoms with Crippen molar-refractivity contribution in [1.29, 1.82) is 0 Å². The molecule has 0 atom stereocenters. The van der Waals surface area contributed by atoms with E-state index < -0.39 is 5.97 Å². The molecular weight excluding hydrogens is 388 g/mol. The third-order valence-electron chi connectivity index (χ3n) is 4.35. The number of thioether (sulfide) groups is 1. The summed E-state index contributed by atoms with van der Waals surface area (Å²) in [5.41, 5.74) is 2.24. The number of benzene rings is 2. The summed E-state index contributed by atoms with van der Waals surface area (Å²) in [5, 5.41) is 14.2. The van der Waals surface area contributed by atoms with Crippen molar-refractivity contribution in [2.45, 2.75) is 25.5 Å². The second-order valence-electron chi connectivity index (χ2n) is 6.52. The molecule has 3 rings (SSSR count). The highest BCUT2D eigenvalue weighted by molar-refractivity contribution is 8.13. The van der Waals surface area contributed by atoms with E-state index in [4.69, 9.17) is 14.6 Å². The number of hydrogen-bond donors (Lipinski definition) is 1. The van der Waals surface area contributed by atoms with Gasteiger partial charge in [-0.1, -0.05) is 29.4 Å². The largest absolute Gasteiger partial charge is 0.494 e. The molecule has 7 heteroatoms. The molecular formula is C22H24N2O4S. The fourth-order valence-electron chi connectivity index (χ4n) is 2.81. The van der Waals surface area contributed by atoms with Crippen LogP contribution in [0.25, 0.3) is 0 Å².